The Morgan fingerprint density at radius 3 is 2.34 bits per heavy atom. The van der Waals surface area contributed by atoms with E-state index in [1.54, 1.807) is 6.92 Å². The molecule has 6 rings (SSSR count). The van der Waals surface area contributed by atoms with E-state index in [2.05, 4.69) is 39.0 Å². The van der Waals surface area contributed by atoms with Gasteiger partial charge in [-0.05, 0) is 50.7 Å². The van der Waals surface area contributed by atoms with Crippen LogP contribution in [0, 0.1) is 12.3 Å². The number of rotatable bonds is 3. The summed E-state index contributed by atoms with van der Waals surface area (Å²) in [6, 6.07) is 14.4. The Morgan fingerprint density at radius 1 is 1.02 bits per heavy atom. The number of hydrogen-bond acceptors (Lipinski definition) is 6. The summed E-state index contributed by atoms with van der Waals surface area (Å²) >= 11 is 0. The second kappa shape index (κ2) is 8.57. The summed E-state index contributed by atoms with van der Waals surface area (Å²) in [5.74, 6) is -1.13. The van der Waals surface area contributed by atoms with Crippen molar-refractivity contribution < 1.29 is 23.9 Å². The summed E-state index contributed by atoms with van der Waals surface area (Å²) in [5, 5.41) is 0. The van der Waals surface area contributed by atoms with E-state index in [0.717, 1.165) is 22.4 Å². The number of benzene rings is 2. The Kier molecular flexibility index (Phi) is 5.71. The van der Waals surface area contributed by atoms with Crippen LogP contribution in [0.2, 0.25) is 0 Å². The largest absolute Gasteiger partial charge is 0.462 e. The summed E-state index contributed by atoms with van der Waals surface area (Å²) in [7, 11) is 0. The zero-order valence-electron chi connectivity index (χ0n) is 24.9. The van der Waals surface area contributed by atoms with Crippen molar-refractivity contribution in [1.29, 1.82) is 0 Å². The van der Waals surface area contributed by atoms with Gasteiger partial charge in [0, 0.05) is 29.4 Å². The number of Topliss-reactive ketones (excluding diaryl/α,β-unsaturated/α-hetero) is 1. The van der Waals surface area contributed by atoms with Gasteiger partial charge < -0.3 is 20.1 Å². The molecule has 0 saturated heterocycles. The summed E-state index contributed by atoms with van der Waals surface area (Å²) in [6.07, 6.45) is 1.28. The number of fused-ring (bicyclic) bond motifs is 2. The lowest BCUT2D eigenvalue weighted by atomic mass is 9.61. The molecule has 2 aromatic carbocycles. The van der Waals surface area contributed by atoms with E-state index >= 15 is 4.79 Å². The molecule has 1 aliphatic carbocycles. The zero-order valence-corrected chi connectivity index (χ0v) is 24.9. The highest BCUT2D eigenvalue weighted by Gasteiger charge is 2.68. The number of hydrogen-bond donors (Lipinski definition) is 1. The number of allylic oxidation sites excluding steroid dienone is 1. The van der Waals surface area contributed by atoms with Crippen LogP contribution < -0.4 is 10.6 Å². The first kappa shape index (κ1) is 27.3. The van der Waals surface area contributed by atoms with Crippen molar-refractivity contribution in [2.45, 2.75) is 84.1 Å². The lowest BCUT2D eigenvalue weighted by molar-refractivity contribution is -0.141. The standard InChI is InChI=1S/C34H38N2O5/c1-8-40-29(38)26-28(35)41-24-17-31(3,4)16-23(37)25(24)34(26)22-15-19(2)14-21-27(22)36(30(34)39)32(5,6)18-33(21,7)20-12-10-9-11-13-20/h9-15H,8,16-18,35H2,1-7H3. The predicted molar refractivity (Wildman–Crippen MR) is 156 cm³/mol. The smallest absolute Gasteiger partial charge is 0.341 e. The Balaban J connectivity index is 1.76. The molecule has 214 valence electrons. The normalized spacial score (nSPS) is 27.5. The topological polar surface area (TPSA) is 98.9 Å². The van der Waals surface area contributed by atoms with E-state index in [1.165, 1.54) is 0 Å². The third-order valence-corrected chi connectivity index (χ3v) is 9.35. The molecule has 4 aliphatic rings. The number of carbonyl (C=O) groups excluding carboxylic acids is 3. The molecule has 1 spiro atoms. The first-order chi connectivity index (χ1) is 19.2. The maximum Gasteiger partial charge on any atom is 0.341 e. The van der Waals surface area contributed by atoms with Crippen molar-refractivity contribution in [3.63, 3.8) is 0 Å². The molecule has 2 N–H and O–H groups in total. The fraction of sp³-hybridized carbons (Fsp3) is 0.441. The molecule has 7 nitrogen and oxygen atoms in total. The highest BCUT2D eigenvalue weighted by molar-refractivity contribution is 6.24. The lowest BCUT2D eigenvalue weighted by Crippen LogP contribution is -2.59. The summed E-state index contributed by atoms with van der Waals surface area (Å²) < 4.78 is 11.6. The number of carbonyl (C=O) groups is 3. The van der Waals surface area contributed by atoms with Crippen LogP contribution >= 0.6 is 0 Å². The second-order valence-corrected chi connectivity index (χ2v) is 13.6. The molecular formula is C34H38N2O5. The van der Waals surface area contributed by atoms with Crippen LogP contribution in [0.15, 0.2) is 65.3 Å². The molecule has 1 amide bonds. The molecule has 2 aromatic rings. The number of ketones is 1. The number of nitrogens with zero attached hydrogens (tertiary/aromatic N) is 1. The highest BCUT2D eigenvalue weighted by Crippen LogP contribution is 2.64. The van der Waals surface area contributed by atoms with Gasteiger partial charge >= 0.3 is 5.97 Å². The molecule has 3 heterocycles. The van der Waals surface area contributed by atoms with Crippen molar-refractivity contribution in [2.75, 3.05) is 11.5 Å². The van der Waals surface area contributed by atoms with Crippen LogP contribution in [-0.2, 0) is 34.7 Å². The van der Waals surface area contributed by atoms with Crippen molar-refractivity contribution in [2.24, 2.45) is 11.1 Å². The molecule has 2 unspecified atom stereocenters. The Labute approximate surface area is 241 Å². The van der Waals surface area contributed by atoms with Gasteiger partial charge in [-0.2, -0.15) is 0 Å². The first-order valence-corrected chi connectivity index (χ1v) is 14.4. The van der Waals surface area contributed by atoms with E-state index in [0.29, 0.717) is 24.2 Å². The lowest BCUT2D eigenvalue weighted by Gasteiger charge is -2.50. The minimum atomic E-state index is -1.76. The highest BCUT2D eigenvalue weighted by atomic mass is 16.5. The van der Waals surface area contributed by atoms with Crippen LogP contribution in [0.5, 0.6) is 0 Å². The zero-order chi connectivity index (χ0) is 29.7. The van der Waals surface area contributed by atoms with Gasteiger partial charge in [-0.15, -0.1) is 0 Å². The monoisotopic (exact) mass is 554 g/mol. The Bertz CT molecular complexity index is 1600. The van der Waals surface area contributed by atoms with Gasteiger partial charge in [-0.1, -0.05) is 68.8 Å². The van der Waals surface area contributed by atoms with Crippen molar-refractivity contribution in [3.05, 3.63) is 87.5 Å². The molecule has 0 radical (unpaired) electrons. The molecule has 3 aliphatic heterocycles. The van der Waals surface area contributed by atoms with Crippen molar-refractivity contribution >= 4 is 23.3 Å². The molecule has 0 aromatic heterocycles. The van der Waals surface area contributed by atoms with Crippen LogP contribution in [0.1, 0.15) is 83.1 Å². The van der Waals surface area contributed by atoms with Gasteiger partial charge in [0.25, 0.3) is 0 Å². The van der Waals surface area contributed by atoms with E-state index in [4.69, 9.17) is 15.2 Å². The van der Waals surface area contributed by atoms with Gasteiger partial charge in [0.2, 0.25) is 11.8 Å². The fourth-order valence-electron chi connectivity index (χ4n) is 7.99. The minimum Gasteiger partial charge on any atom is -0.462 e. The number of amides is 1. The summed E-state index contributed by atoms with van der Waals surface area (Å²) in [5.41, 5.74) is 7.82. The van der Waals surface area contributed by atoms with Crippen molar-refractivity contribution in [3.8, 4) is 0 Å². The van der Waals surface area contributed by atoms with Crippen LogP contribution in [0.25, 0.3) is 0 Å². The maximum atomic E-state index is 15.2. The van der Waals surface area contributed by atoms with E-state index in [1.807, 2.05) is 49.9 Å². The van der Waals surface area contributed by atoms with E-state index in [9.17, 15) is 9.59 Å². The molecule has 7 heteroatoms. The third kappa shape index (κ3) is 3.53. The summed E-state index contributed by atoms with van der Waals surface area (Å²) in [6.45, 7) is 14.1. The summed E-state index contributed by atoms with van der Waals surface area (Å²) in [4.78, 5) is 45.0. The second-order valence-electron chi connectivity index (χ2n) is 13.6. The predicted octanol–water partition coefficient (Wildman–Crippen LogP) is 5.47. The molecule has 0 saturated carbocycles. The minimum absolute atomic E-state index is 0.0833. The molecule has 2 atom stereocenters. The number of aryl methyl sites for hydroxylation is 1. The molecule has 0 fully saturated rings. The fourth-order valence-corrected chi connectivity index (χ4v) is 7.99. The van der Waals surface area contributed by atoms with Crippen LogP contribution in [0.4, 0.5) is 5.69 Å². The van der Waals surface area contributed by atoms with Crippen LogP contribution in [0.3, 0.4) is 0 Å². The van der Waals surface area contributed by atoms with Gasteiger partial charge in [-0.25, -0.2) is 4.79 Å². The van der Waals surface area contributed by atoms with Gasteiger partial charge in [0.1, 0.15) is 16.7 Å². The average molecular weight is 555 g/mol. The number of anilines is 1. The number of ether oxygens (including phenoxy) is 2. The van der Waals surface area contributed by atoms with Gasteiger partial charge in [-0.3, -0.25) is 9.59 Å². The maximum absolute atomic E-state index is 15.2. The molecule has 0 bridgehead atoms. The first-order valence-electron chi connectivity index (χ1n) is 14.4. The quantitative estimate of drug-likeness (QED) is 0.505. The number of esters is 1. The third-order valence-electron chi connectivity index (χ3n) is 9.35. The molecule has 41 heavy (non-hydrogen) atoms. The Morgan fingerprint density at radius 2 is 1.68 bits per heavy atom. The Hall–Kier alpha value is -3.87. The van der Waals surface area contributed by atoms with E-state index < -0.39 is 22.3 Å². The van der Waals surface area contributed by atoms with Gasteiger partial charge in [0.05, 0.1) is 17.9 Å². The van der Waals surface area contributed by atoms with E-state index in [-0.39, 0.29) is 47.2 Å². The van der Waals surface area contributed by atoms with Crippen molar-refractivity contribution in [1.82, 2.24) is 0 Å². The SMILES string of the molecule is CCOC(=O)C1=C(N)OC2=C(C(=O)CC(C)(C)C2)C12C(=O)N1c3c2cc(C)cc3C(C)(c2ccccc2)CC1(C)C. The average Bonchev–Trinajstić information content (AvgIpc) is 3.11. The van der Waals surface area contributed by atoms with Crippen LogP contribution in [-0.4, -0.2) is 29.8 Å². The number of nitrogens with two attached hydrogens (primary N) is 1. The molecular weight excluding hydrogens is 516 g/mol. The van der Waals surface area contributed by atoms with Gasteiger partial charge in [0.15, 0.2) is 5.78 Å².